The average molecular weight is 271 g/mol. The molecule has 1 rings (SSSR count). The Morgan fingerprint density at radius 3 is 2.61 bits per heavy atom. The molecule has 0 aliphatic carbocycles. The molecule has 2 N–H and O–H groups in total. The standard InChI is InChI=1S/C13H18FNO2S/c1-13(17,9-18-2)8-15-12(16)7-10-3-5-11(14)6-4-10/h3-6,17H,7-9H2,1-2H3,(H,15,16)/t13-/m1/s1. The summed E-state index contributed by atoms with van der Waals surface area (Å²) in [5.74, 6) is 0.0640. The molecule has 18 heavy (non-hydrogen) atoms. The number of thioether (sulfide) groups is 1. The van der Waals surface area contributed by atoms with Crippen LogP contribution in [-0.2, 0) is 11.2 Å². The van der Waals surface area contributed by atoms with E-state index in [1.807, 2.05) is 6.26 Å². The minimum atomic E-state index is -0.905. The van der Waals surface area contributed by atoms with Gasteiger partial charge in [0.2, 0.25) is 5.91 Å². The summed E-state index contributed by atoms with van der Waals surface area (Å²) in [7, 11) is 0. The topological polar surface area (TPSA) is 49.3 Å². The van der Waals surface area contributed by atoms with Crippen molar-refractivity contribution in [1.82, 2.24) is 5.32 Å². The predicted octanol–water partition coefficient (Wildman–Crippen LogP) is 1.60. The van der Waals surface area contributed by atoms with Crippen molar-refractivity contribution in [3.05, 3.63) is 35.6 Å². The molecule has 1 atom stereocenters. The van der Waals surface area contributed by atoms with Gasteiger partial charge in [0.15, 0.2) is 0 Å². The largest absolute Gasteiger partial charge is 0.387 e. The Bertz CT molecular complexity index is 392. The first-order valence-corrected chi connectivity index (χ1v) is 7.05. The number of halogens is 1. The maximum atomic E-state index is 12.7. The lowest BCUT2D eigenvalue weighted by Gasteiger charge is -2.22. The van der Waals surface area contributed by atoms with Crippen LogP contribution in [0, 0.1) is 5.82 Å². The van der Waals surface area contributed by atoms with E-state index in [9.17, 15) is 14.3 Å². The lowest BCUT2D eigenvalue weighted by atomic mass is 10.1. The molecular weight excluding hydrogens is 253 g/mol. The molecule has 0 heterocycles. The number of benzene rings is 1. The van der Waals surface area contributed by atoms with Crippen LogP contribution in [0.4, 0.5) is 4.39 Å². The van der Waals surface area contributed by atoms with Gasteiger partial charge < -0.3 is 10.4 Å². The third kappa shape index (κ3) is 5.51. The number of carbonyl (C=O) groups excluding carboxylic acids is 1. The van der Waals surface area contributed by atoms with E-state index >= 15 is 0 Å². The molecule has 100 valence electrons. The smallest absolute Gasteiger partial charge is 0.224 e. The molecule has 0 aliphatic heterocycles. The Kier molecular flexibility index (Phi) is 5.62. The zero-order valence-electron chi connectivity index (χ0n) is 10.6. The van der Waals surface area contributed by atoms with Crippen LogP contribution < -0.4 is 5.32 Å². The molecule has 1 aromatic rings. The van der Waals surface area contributed by atoms with Gasteiger partial charge >= 0.3 is 0 Å². The van der Waals surface area contributed by atoms with Gasteiger partial charge in [-0.25, -0.2) is 4.39 Å². The highest BCUT2D eigenvalue weighted by atomic mass is 32.2. The minimum absolute atomic E-state index is 0.178. The Hall–Kier alpha value is -1.07. The Labute approximate surface area is 111 Å². The van der Waals surface area contributed by atoms with E-state index in [-0.39, 0.29) is 24.7 Å². The summed E-state index contributed by atoms with van der Waals surface area (Å²) in [6.07, 6.45) is 2.09. The van der Waals surface area contributed by atoms with Gasteiger partial charge in [-0.1, -0.05) is 12.1 Å². The van der Waals surface area contributed by atoms with Gasteiger partial charge in [-0.3, -0.25) is 4.79 Å². The molecule has 1 aromatic carbocycles. The van der Waals surface area contributed by atoms with Crippen molar-refractivity contribution in [2.75, 3.05) is 18.6 Å². The van der Waals surface area contributed by atoms with E-state index in [4.69, 9.17) is 0 Å². The monoisotopic (exact) mass is 271 g/mol. The highest BCUT2D eigenvalue weighted by molar-refractivity contribution is 7.98. The molecule has 0 saturated carbocycles. The molecule has 0 spiro atoms. The summed E-state index contributed by atoms with van der Waals surface area (Å²) in [6, 6.07) is 5.81. The number of hydrogen-bond donors (Lipinski definition) is 2. The van der Waals surface area contributed by atoms with Gasteiger partial charge in [0.1, 0.15) is 5.82 Å². The Morgan fingerprint density at radius 1 is 1.44 bits per heavy atom. The fourth-order valence-electron chi connectivity index (χ4n) is 1.50. The quantitative estimate of drug-likeness (QED) is 0.826. The van der Waals surface area contributed by atoms with Crippen molar-refractivity contribution in [2.45, 2.75) is 18.9 Å². The van der Waals surface area contributed by atoms with Gasteiger partial charge in [-0.2, -0.15) is 11.8 Å². The van der Waals surface area contributed by atoms with Crippen LogP contribution in [0.15, 0.2) is 24.3 Å². The van der Waals surface area contributed by atoms with Gasteiger partial charge in [-0.05, 0) is 30.9 Å². The molecule has 0 aromatic heterocycles. The Morgan fingerprint density at radius 2 is 2.06 bits per heavy atom. The van der Waals surface area contributed by atoms with Crippen LogP contribution in [0.3, 0.4) is 0 Å². The SMILES string of the molecule is CSC[C@](C)(O)CNC(=O)Cc1ccc(F)cc1. The first-order chi connectivity index (χ1) is 8.43. The van der Waals surface area contributed by atoms with E-state index in [0.717, 1.165) is 5.56 Å². The van der Waals surface area contributed by atoms with Crippen LogP contribution in [0.1, 0.15) is 12.5 Å². The molecule has 0 bridgehead atoms. The average Bonchev–Trinajstić information content (AvgIpc) is 2.30. The summed E-state index contributed by atoms with van der Waals surface area (Å²) in [5, 5.41) is 12.6. The number of nitrogens with one attached hydrogen (secondary N) is 1. The number of hydrogen-bond acceptors (Lipinski definition) is 3. The predicted molar refractivity (Wildman–Crippen MR) is 72.1 cm³/mol. The summed E-state index contributed by atoms with van der Waals surface area (Å²) in [5.41, 5.74) is -0.156. The number of carbonyl (C=O) groups is 1. The van der Waals surface area contributed by atoms with Crippen LogP contribution in [0.5, 0.6) is 0 Å². The fraction of sp³-hybridized carbons (Fsp3) is 0.462. The first-order valence-electron chi connectivity index (χ1n) is 5.65. The first kappa shape index (κ1) is 15.0. The molecule has 3 nitrogen and oxygen atoms in total. The van der Waals surface area contributed by atoms with E-state index in [1.165, 1.54) is 23.9 Å². The molecule has 5 heteroatoms. The van der Waals surface area contributed by atoms with Crippen LogP contribution >= 0.6 is 11.8 Å². The second kappa shape index (κ2) is 6.75. The van der Waals surface area contributed by atoms with Crippen molar-refractivity contribution < 1.29 is 14.3 Å². The maximum absolute atomic E-state index is 12.7. The van der Waals surface area contributed by atoms with Crippen molar-refractivity contribution in [2.24, 2.45) is 0 Å². The van der Waals surface area contributed by atoms with Gasteiger partial charge in [0.25, 0.3) is 0 Å². The molecular formula is C13H18FNO2S. The van der Waals surface area contributed by atoms with Crippen molar-refractivity contribution in [3.8, 4) is 0 Å². The zero-order chi connectivity index (χ0) is 13.6. The van der Waals surface area contributed by atoms with Crippen molar-refractivity contribution in [3.63, 3.8) is 0 Å². The van der Waals surface area contributed by atoms with E-state index in [2.05, 4.69) is 5.32 Å². The second-order valence-electron chi connectivity index (χ2n) is 4.51. The van der Waals surface area contributed by atoms with Gasteiger partial charge in [0.05, 0.1) is 12.0 Å². The van der Waals surface area contributed by atoms with E-state index in [1.54, 1.807) is 19.1 Å². The third-order valence-electron chi connectivity index (χ3n) is 2.40. The van der Waals surface area contributed by atoms with Crippen LogP contribution in [0.25, 0.3) is 0 Å². The zero-order valence-corrected chi connectivity index (χ0v) is 11.4. The van der Waals surface area contributed by atoms with Crippen LogP contribution in [-0.4, -0.2) is 35.2 Å². The van der Waals surface area contributed by atoms with Gasteiger partial charge in [0, 0.05) is 12.3 Å². The number of amides is 1. The third-order valence-corrected chi connectivity index (χ3v) is 3.31. The van der Waals surface area contributed by atoms with E-state index in [0.29, 0.717) is 5.75 Å². The molecule has 0 aliphatic rings. The summed E-state index contributed by atoms with van der Waals surface area (Å²) >= 11 is 1.52. The molecule has 0 radical (unpaired) electrons. The highest BCUT2D eigenvalue weighted by Gasteiger charge is 2.20. The normalized spacial score (nSPS) is 14.0. The summed E-state index contributed by atoms with van der Waals surface area (Å²) in [6.45, 7) is 1.90. The summed E-state index contributed by atoms with van der Waals surface area (Å²) in [4.78, 5) is 11.6. The number of aliphatic hydroxyl groups is 1. The van der Waals surface area contributed by atoms with Crippen LogP contribution in [0.2, 0.25) is 0 Å². The lowest BCUT2D eigenvalue weighted by Crippen LogP contribution is -2.42. The maximum Gasteiger partial charge on any atom is 0.224 e. The molecule has 0 unspecified atom stereocenters. The summed E-state index contributed by atoms with van der Waals surface area (Å²) < 4.78 is 12.7. The lowest BCUT2D eigenvalue weighted by molar-refractivity contribution is -0.121. The van der Waals surface area contributed by atoms with Gasteiger partial charge in [-0.15, -0.1) is 0 Å². The van der Waals surface area contributed by atoms with Crippen molar-refractivity contribution >= 4 is 17.7 Å². The highest BCUT2D eigenvalue weighted by Crippen LogP contribution is 2.09. The fourth-order valence-corrected chi connectivity index (χ4v) is 2.23. The minimum Gasteiger partial charge on any atom is -0.387 e. The Balaban J connectivity index is 2.40. The van der Waals surface area contributed by atoms with E-state index < -0.39 is 5.60 Å². The van der Waals surface area contributed by atoms with Crippen molar-refractivity contribution in [1.29, 1.82) is 0 Å². The molecule has 0 saturated heterocycles. The number of rotatable bonds is 6. The molecule has 0 fully saturated rings. The second-order valence-corrected chi connectivity index (χ2v) is 5.38. The molecule has 1 amide bonds.